The summed E-state index contributed by atoms with van der Waals surface area (Å²) in [5, 5.41) is 7.20. The Balaban J connectivity index is 2.48. The quantitative estimate of drug-likeness (QED) is 0.753. The summed E-state index contributed by atoms with van der Waals surface area (Å²) >= 11 is 0. The van der Waals surface area contributed by atoms with Crippen molar-refractivity contribution in [3.8, 4) is 11.3 Å². The van der Waals surface area contributed by atoms with Gasteiger partial charge < -0.3 is 5.73 Å². The Hall–Kier alpha value is -1.61. The molecule has 0 amide bonds. The third-order valence-electron chi connectivity index (χ3n) is 2.36. The van der Waals surface area contributed by atoms with Crippen LogP contribution in [0.2, 0.25) is 0 Å². The van der Waals surface area contributed by atoms with Crippen molar-refractivity contribution >= 4 is 0 Å². The van der Waals surface area contributed by atoms with Crippen LogP contribution in [0.3, 0.4) is 0 Å². The lowest BCUT2D eigenvalue weighted by Gasteiger charge is -1.97. The molecule has 0 saturated heterocycles. The maximum absolute atomic E-state index is 5.57. The van der Waals surface area contributed by atoms with Crippen molar-refractivity contribution in [2.75, 3.05) is 0 Å². The number of H-pyrrole nitrogens is 1. The van der Waals surface area contributed by atoms with E-state index in [4.69, 9.17) is 5.73 Å². The molecule has 3 N–H and O–H groups in total. The number of hydrogen-bond donors (Lipinski definition) is 2. The van der Waals surface area contributed by atoms with Crippen LogP contribution >= 0.6 is 0 Å². The molecular formula is C11H13N3. The summed E-state index contributed by atoms with van der Waals surface area (Å²) in [6.07, 6.45) is 0. The molecule has 0 saturated carbocycles. The van der Waals surface area contributed by atoms with Crippen LogP contribution < -0.4 is 5.73 Å². The molecule has 1 heterocycles. The summed E-state index contributed by atoms with van der Waals surface area (Å²) in [6, 6.07) is 10.1. The second-order valence-electron chi connectivity index (χ2n) is 3.25. The second kappa shape index (κ2) is 3.64. The summed E-state index contributed by atoms with van der Waals surface area (Å²) in [6.45, 7) is 2.54. The van der Waals surface area contributed by atoms with Gasteiger partial charge in [0.2, 0.25) is 0 Å². The van der Waals surface area contributed by atoms with Crippen molar-refractivity contribution in [2.45, 2.75) is 13.5 Å². The molecular weight excluding hydrogens is 174 g/mol. The van der Waals surface area contributed by atoms with Crippen LogP contribution in [0.1, 0.15) is 11.3 Å². The third kappa shape index (κ3) is 1.42. The van der Waals surface area contributed by atoms with E-state index in [0.717, 1.165) is 22.5 Å². The first-order valence-electron chi connectivity index (χ1n) is 4.62. The van der Waals surface area contributed by atoms with Crippen molar-refractivity contribution in [1.82, 2.24) is 10.2 Å². The number of benzene rings is 1. The van der Waals surface area contributed by atoms with Crippen molar-refractivity contribution in [3.63, 3.8) is 0 Å². The number of nitrogens with one attached hydrogen (secondary N) is 1. The van der Waals surface area contributed by atoms with Gasteiger partial charge in [-0.1, -0.05) is 30.3 Å². The van der Waals surface area contributed by atoms with Crippen LogP contribution in [-0.2, 0) is 6.54 Å². The predicted octanol–water partition coefficient (Wildman–Crippen LogP) is 1.84. The number of aromatic amines is 1. The molecule has 1 aromatic heterocycles. The fraction of sp³-hybridized carbons (Fsp3) is 0.182. The largest absolute Gasteiger partial charge is 0.325 e. The Labute approximate surface area is 83.0 Å². The van der Waals surface area contributed by atoms with Gasteiger partial charge >= 0.3 is 0 Å². The minimum atomic E-state index is 0.506. The van der Waals surface area contributed by atoms with Gasteiger partial charge in [-0.3, -0.25) is 5.10 Å². The highest BCUT2D eigenvalue weighted by Crippen LogP contribution is 2.22. The molecule has 72 valence electrons. The average molecular weight is 187 g/mol. The molecule has 0 aliphatic rings. The SMILES string of the molecule is Cc1c(-c2ccccc2)n[nH]c1CN. The van der Waals surface area contributed by atoms with Crippen LogP contribution in [0.4, 0.5) is 0 Å². The molecule has 0 radical (unpaired) electrons. The summed E-state index contributed by atoms with van der Waals surface area (Å²) in [7, 11) is 0. The van der Waals surface area contributed by atoms with Gasteiger partial charge in [0.1, 0.15) is 0 Å². The molecule has 1 aromatic carbocycles. The maximum Gasteiger partial charge on any atom is 0.0953 e. The van der Waals surface area contributed by atoms with E-state index in [9.17, 15) is 0 Å². The van der Waals surface area contributed by atoms with Crippen LogP contribution in [0.25, 0.3) is 11.3 Å². The van der Waals surface area contributed by atoms with E-state index < -0.39 is 0 Å². The van der Waals surface area contributed by atoms with Crippen LogP contribution in [-0.4, -0.2) is 10.2 Å². The van der Waals surface area contributed by atoms with E-state index >= 15 is 0 Å². The Kier molecular flexibility index (Phi) is 2.33. The van der Waals surface area contributed by atoms with Crippen molar-refractivity contribution in [1.29, 1.82) is 0 Å². The Bertz CT molecular complexity index is 417. The molecule has 14 heavy (non-hydrogen) atoms. The Morgan fingerprint density at radius 1 is 1.29 bits per heavy atom. The van der Waals surface area contributed by atoms with E-state index in [1.807, 2.05) is 37.3 Å². The highest BCUT2D eigenvalue weighted by Gasteiger charge is 2.08. The molecule has 0 aliphatic heterocycles. The molecule has 2 rings (SSSR count). The highest BCUT2D eigenvalue weighted by molar-refractivity contribution is 5.63. The predicted molar refractivity (Wildman–Crippen MR) is 56.7 cm³/mol. The standard InChI is InChI=1S/C11H13N3/c1-8-10(7-12)13-14-11(8)9-5-3-2-4-6-9/h2-6H,7,12H2,1H3,(H,13,14). The smallest absolute Gasteiger partial charge is 0.0953 e. The monoisotopic (exact) mass is 187 g/mol. The van der Waals surface area contributed by atoms with E-state index in [-0.39, 0.29) is 0 Å². The Morgan fingerprint density at radius 2 is 2.00 bits per heavy atom. The van der Waals surface area contributed by atoms with Gasteiger partial charge in [0.15, 0.2) is 0 Å². The van der Waals surface area contributed by atoms with Crippen LogP contribution in [0.5, 0.6) is 0 Å². The number of nitrogens with zero attached hydrogens (tertiary/aromatic N) is 1. The lowest BCUT2D eigenvalue weighted by Crippen LogP contribution is -1.98. The summed E-state index contributed by atoms with van der Waals surface area (Å²) in [5.74, 6) is 0. The summed E-state index contributed by atoms with van der Waals surface area (Å²) in [4.78, 5) is 0. The minimum Gasteiger partial charge on any atom is -0.325 e. The van der Waals surface area contributed by atoms with Gasteiger partial charge in [-0.15, -0.1) is 0 Å². The van der Waals surface area contributed by atoms with Crippen molar-refractivity contribution < 1.29 is 0 Å². The van der Waals surface area contributed by atoms with E-state index in [1.54, 1.807) is 0 Å². The van der Waals surface area contributed by atoms with Gasteiger partial charge in [-0.05, 0) is 12.5 Å². The number of nitrogens with two attached hydrogens (primary N) is 1. The normalized spacial score (nSPS) is 10.4. The first-order chi connectivity index (χ1) is 6.83. The molecule has 0 aliphatic carbocycles. The molecule has 2 aromatic rings. The number of aromatic nitrogens is 2. The zero-order chi connectivity index (χ0) is 9.97. The first kappa shape index (κ1) is 8.97. The lowest BCUT2D eigenvalue weighted by atomic mass is 10.1. The first-order valence-corrected chi connectivity index (χ1v) is 4.62. The van der Waals surface area contributed by atoms with Gasteiger partial charge in [0.05, 0.1) is 11.4 Å². The second-order valence-corrected chi connectivity index (χ2v) is 3.25. The van der Waals surface area contributed by atoms with Crippen molar-refractivity contribution in [3.05, 3.63) is 41.6 Å². The minimum absolute atomic E-state index is 0.506. The van der Waals surface area contributed by atoms with E-state index in [0.29, 0.717) is 6.54 Å². The topological polar surface area (TPSA) is 54.7 Å². The molecule has 0 unspecified atom stereocenters. The Morgan fingerprint density at radius 3 is 2.57 bits per heavy atom. The average Bonchev–Trinajstić information content (AvgIpc) is 2.61. The van der Waals surface area contributed by atoms with E-state index in [2.05, 4.69) is 10.2 Å². The third-order valence-corrected chi connectivity index (χ3v) is 2.36. The molecule has 3 nitrogen and oxygen atoms in total. The summed E-state index contributed by atoms with van der Waals surface area (Å²) in [5.41, 5.74) is 9.83. The van der Waals surface area contributed by atoms with E-state index in [1.165, 1.54) is 0 Å². The van der Waals surface area contributed by atoms with Crippen molar-refractivity contribution in [2.24, 2.45) is 5.73 Å². The fourth-order valence-corrected chi connectivity index (χ4v) is 1.51. The van der Waals surface area contributed by atoms with Gasteiger partial charge in [-0.2, -0.15) is 5.10 Å². The molecule has 0 spiro atoms. The fourth-order valence-electron chi connectivity index (χ4n) is 1.51. The molecule has 0 bridgehead atoms. The zero-order valence-electron chi connectivity index (χ0n) is 8.12. The number of hydrogen-bond acceptors (Lipinski definition) is 2. The summed E-state index contributed by atoms with van der Waals surface area (Å²) < 4.78 is 0. The van der Waals surface area contributed by atoms with Gasteiger partial charge in [-0.25, -0.2) is 0 Å². The lowest BCUT2D eigenvalue weighted by molar-refractivity contribution is 0.941. The zero-order valence-corrected chi connectivity index (χ0v) is 8.12. The van der Waals surface area contributed by atoms with Crippen LogP contribution in [0, 0.1) is 6.92 Å². The highest BCUT2D eigenvalue weighted by atomic mass is 15.1. The number of rotatable bonds is 2. The molecule has 3 heteroatoms. The maximum atomic E-state index is 5.57. The van der Waals surface area contributed by atoms with Crippen LogP contribution in [0.15, 0.2) is 30.3 Å². The van der Waals surface area contributed by atoms with Gasteiger partial charge in [0.25, 0.3) is 0 Å². The van der Waals surface area contributed by atoms with Gasteiger partial charge in [0, 0.05) is 12.1 Å². The molecule has 0 fully saturated rings. The molecule has 0 atom stereocenters.